The summed E-state index contributed by atoms with van der Waals surface area (Å²) in [6.07, 6.45) is 9.23. The lowest BCUT2D eigenvalue weighted by atomic mass is 9.69. The molecule has 0 atom stereocenters. The fourth-order valence-electron chi connectivity index (χ4n) is 4.84. The highest BCUT2D eigenvalue weighted by Crippen LogP contribution is 2.41. The van der Waals surface area contributed by atoms with Crippen molar-refractivity contribution in [1.82, 2.24) is 14.9 Å². The highest BCUT2D eigenvalue weighted by Gasteiger charge is 2.39. The third kappa shape index (κ3) is 2.54. The number of fused-ring (bicyclic) bond motifs is 3. The van der Waals surface area contributed by atoms with Gasteiger partial charge in [-0.1, -0.05) is 24.3 Å². The van der Waals surface area contributed by atoms with Crippen molar-refractivity contribution >= 4 is 10.9 Å². The van der Waals surface area contributed by atoms with E-state index in [-0.39, 0.29) is 0 Å². The maximum absolute atomic E-state index is 4.87. The Bertz CT molecular complexity index is 885. The van der Waals surface area contributed by atoms with Gasteiger partial charge < -0.3 is 4.90 Å². The van der Waals surface area contributed by atoms with Gasteiger partial charge in [0, 0.05) is 35.3 Å². The zero-order chi connectivity index (χ0) is 16.7. The van der Waals surface area contributed by atoms with E-state index in [2.05, 4.69) is 52.5 Å². The molecule has 0 N–H and O–H groups in total. The molecule has 0 aliphatic carbocycles. The summed E-state index contributed by atoms with van der Waals surface area (Å²) in [5, 5.41) is 1.17. The number of hydrogen-bond donors (Lipinski definition) is 0. The lowest BCUT2D eigenvalue weighted by Crippen LogP contribution is -2.50. The van der Waals surface area contributed by atoms with Crippen LogP contribution in [0, 0.1) is 0 Å². The highest BCUT2D eigenvalue weighted by atomic mass is 15.1. The molecule has 2 bridgehead atoms. The molecule has 3 aromatic rings. The molecule has 0 radical (unpaired) electrons. The van der Waals surface area contributed by atoms with Crippen molar-refractivity contribution in [2.24, 2.45) is 0 Å². The van der Waals surface area contributed by atoms with Crippen molar-refractivity contribution in [2.45, 2.75) is 31.1 Å². The van der Waals surface area contributed by atoms with E-state index in [1.165, 1.54) is 61.8 Å². The Morgan fingerprint density at radius 2 is 1.76 bits per heavy atom. The van der Waals surface area contributed by atoms with Crippen LogP contribution in [-0.2, 0) is 5.41 Å². The van der Waals surface area contributed by atoms with Gasteiger partial charge in [-0.05, 0) is 62.5 Å². The fraction of sp³-hybridized carbons (Fsp3) is 0.364. The Kier molecular flexibility index (Phi) is 3.56. The van der Waals surface area contributed by atoms with E-state index < -0.39 is 0 Å². The molecule has 1 aromatic carbocycles. The Hall–Kier alpha value is -2.26. The molecular formula is C22H23N3. The SMILES string of the molecule is c1cc(-c2ccc(C34CCCN(CCC3)C4)cn2)c2cccnc2c1. The summed E-state index contributed by atoms with van der Waals surface area (Å²) in [6, 6.07) is 14.9. The van der Waals surface area contributed by atoms with E-state index in [9.17, 15) is 0 Å². The molecule has 0 amide bonds. The summed E-state index contributed by atoms with van der Waals surface area (Å²) < 4.78 is 0. The zero-order valence-electron chi connectivity index (χ0n) is 14.5. The lowest BCUT2D eigenvalue weighted by Gasteiger charge is -2.47. The van der Waals surface area contributed by atoms with Crippen molar-refractivity contribution in [3.63, 3.8) is 0 Å². The number of pyridine rings is 2. The van der Waals surface area contributed by atoms with Gasteiger partial charge in [0.1, 0.15) is 0 Å². The molecule has 2 aliphatic rings. The van der Waals surface area contributed by atoms with Crippen LogP contribution < -0.4 is 0 Å². The summed E-state index contributed by atoms with van der Waals surface area (Å²) >= 11 is 0. The molecular weight excluding hydrogens is 306 g/mol. The predicted molar refractivity (Wildman–Crippen MR) is 102 cm³/mol. The van der Waals surface area contributed by atoms with Crippen LogP contribution in [0.15, 0.2) is 54.9 Å². The average molecular weight is 329 g/mol. The Balaban J connectivity index is 1.53. The van der Waals surface area contributed by atoms with Crippen LogP contribution in [0.5, 0.6) is 0 Å². The molecule has 3 nitrogen and oxygen atoms in total. The lowest BCUT2D eigenvalue weighted by molar-refractivity contribution is 0.0941. The first kappa shape index (κ1) is 15.0. The first-order valence-corrected chi connectivity index (χ1v) is 9.37. The van der Waals surface area contributed by atoms with E-state index in [1.54, 1.807) is 0 Å². The maximum Gasteiger partial charge on any atom is 0.0708 e. The topological polar surface area (TPSA) is 29.0 Å². The van der Waals surface area contributed by atoms with Crippen molar-refractivity contribution in [1.29, 1.82) is 0 Å². The molecule has 4 heterocycles. The summed E-state index contributed by atoms with van der Waals surface area (Å²) in [7, 11) is 0. The monoisotopic (exact) mass is 329 g/mol. The molecule has 2 aromatic heterocycles. The Labute approximate surface area is 148 Å². The molecule has 2 saturated heterocycles. The second-order valence-electron chi connectivity index (χ2n) is 7.57. The maximum atomic E-state index is 4.87. The summed E-state index contributed by atoms with van der Waals surface area (Å²) in [5.74, 6) is 0. The Morgan fingerprint density at radius 1 is 0.880 bits per heavy atom. The number of nitrogens with zero attached hydrogens (tertiary/aromatic N) is 3. The molecule has 5 rings (SSSR count). The molecule has 2 aliphatic heterocycles. The van der Waals surface area contributed by atoms with Crippen molar-refractivity contribution in [3.8, 4) is 11.3 Å². The second kappa shape index (κ2) is 5.92. The number of piperidine rings is 2. The van der Waals surface area contributed by atoms with Crippen LogP contribution >= 0.6 is 0 Å². The van der Waals surface area contributed by atoms with Crippen LogP contribution in [0.4, 0.5) is 0 Å². The quantitative estimate of drug-likeness (QED) is 0.697. The molecule has 0 saturated carbocycles. The van der Waals surface area contributed by atoms with Gasteiger partial charge >= 0.3 is 0 Å². The number of rotatable bonds is 2. The second-order valence-corrected chi connectivity index (χ2v) is 7.57. The minimum atomic E-state index is 0.336. The Morgan fingerprint density at radius 3 is 2.56 bits per heavy atom. The minimum absolute atomic E-state index is 0.336. The van der Waals surface area contributed by atoms with Gasteiger partial charge in [-0.25, -0.2) is 0 Å². The minimum Gasteiger partial charge on any atom is -0.302 e. The van der Waals surface area contributed by atoms with Gasteiger partial charge in [-0.3, -0.25) is 9.97 Å². The first-order chi connectivity index (χ1) is 12.3. The standard InChI is InChI=1S/C22H23N3/c1-5-18(19-6-2-12-23-20(19)7-1)21-9-8-17(15-24-21)22-10-3-13-25(16-22)14-4-11-22/h1-2,5-9,12,15H,3-4,10-11,13-14,16H2. The third-order valence-electron chi connectivity index (χ3n) is 6.08. The fourth-order valence-corrected chi connectivity index (χ4v) is 4.84. The summed E-state index contributed by atoms with van der Waals surface area (Å²) in [5.41, 5.74) is 5.01. The van der Waals surface area contributed by atoms with Gasteiger partial charge in [-0.15, -0.1) is 0 Å². The van der Waals surface area contributed by atoms with Crippen LogP contribution in [0.1, 0.15) is 31.2 Å². The van der Waals surface area contributed by atoms with Crippen LogP contribution in [-0.4, -0.2) is 34.5 Å². The molecule has 126 valence electrons. The highest BCUT2D eigenvalue weighted by molar-refractivity contribution is 5.93. The van der Waals surface area contributed by atoms with Gasteiger partial charge in [0.2, 0.25) is 0 Å². The number of benzene rings is 1. The zero-order valence-corrected chi connectivity index (χ0v) is 14.5. The summed E-state index contributed by atoms with van der Waals surface area (Å²) in [6.45, 7) is 3.76. The van der Waals surface area contributed by atoms with Gasteiger partial charge in [0.25, 0.3) is 0 Å². The van der Waals surface area contributed by atoms with E-state index >= 15 is 0 Å². The van der Waals surface area contributed by atoms with E-state index in [0.717, 1.165) is 11.2 Å². The van der Waals surface area contributed by atoms with Crippen molar-refractivity contribution in [2.75, 3.05) is 19.6 Å². The normalized spacial score (nSPS) is 25.8. The number of hydrogen-bond acceptors (Lipinski definition) is 3. The molecule has 25 heavy (non-hydrogen) atoms. The molecule has 0 unspecified atom stereocenters. The average Bonchev–Trinajstić information content (AvgIpc) is 2.68. The van der Waals surface area contributed by atoms with Gasteiger partial charge in [0.15, 0.2) is 0 Å². The van der Waals surface area contributed by atoms with Crippen molar-refractivity contribution in [3.05, 3.63) is 60.4 Å². The molecule has 2 fully saturated rings. The van der Waals surface area contributed by atoms with Gasteiger partial charge in [0.05, 0.1) is 11.2 Å². The number of aromatic nitrogens is 2. The van der Waals surface area contributed by atoms with Crippen LogP contribution in [0.2, 0.25) is 0 Å². The van der Waals surface area contributed by atoms with Gasteiger partial charge in [-0.2, -0.15) is 0 Å². The molecule has 3 heteroatoms. The van der Waals surface area contributed by atoms with E-state index in [4.69, 9.17) is 4.98 Å². The predicted octanol–water partition coefficient (Wildman–Crippen LogP) is 4.42. The van der Waals surface area contributed by atoms with E-state index in [1.807, 2.05) is 12.3 Å². The smallest absolute Gasteiger partial charge is 0.0708 e. The van der Waals surface area contributed by atoms with Crippen LogP contribution in [0.3, 0.4) is 0 Å². The van der Waals surface area contributed by atoms with E-state index in [0.29, 0.717) is 5.41 Å². The third-order valence-corrected chi connectivity index (χ3v) is 6.08. The van der Waals surface area contributed by atoms with Crippen LogP contribution in [0.25, 0.3) is 22.2 Å². The largest absolute Gasteiger partial charge is 0.302 e. The summed E-state index contributed by atoms with van der Waals surface area (Å²) in [4.78, 5) is 12.0. The molecule has 0 spiro atoms. The first-order valence-electron chi connectivity index (χ1n) is 9.37. The van der Waals surface area contributed by atoms with Crippen molar-refractivity contribution < 1.29 is 0 Å².